The molecule has 0 atom stereocenters. The minimum absolute atomic E-state index is 0.117. The number of alkyl halides is 3. The molecule has 4 nitrogen and oxygen atoms in total. The first-order chi connectivity index (χ1) is 12.4. The number of aromatic nitrogens is 2. The molecule has 130 valence electrons. The molecule has 2 aromatic carbocycles. The molecule has 26 heavy (non-hydrogen) atoms. The molecule has 0 aliphatic heterocycles. The minimum atomic E-state index is -4.42. The first kappa shape index (κ1) is 17.7. The van der Waals surface area contributed by atoms with Crippen LogP contribution in [0.5, 0.6) is 0 Å². The van der Waals surface area contributed by atoms with Gasteiger partial charge in [-0.25, -0.2) is 9.97 Å². The molecule has 0 fully saturated rings. The largest absolute Gasteiger partial charge is 0.416 e. The van der Waals surface area contributed by atoms with Crippen molar-refractivity contribution in [2.24, 2.45) is 0 Å². The molecular formula is C18H10ClF3N4. The van der Waals surface area contributed by atoms with Gasteiger partial charge in [-0.1, -0.05) is 35.9 Å². The molecule has 0 spiro atoms. The van der Waals surface area contributed by atoms with Gasteiger partial charge in [-0.15, -0.1) is 0 Å². The Morgan fingerprint density at radius 3 is 2.35 bits per heavy atom. The Balaban J connectivity index is 1.94. The molecule has 0 bridgehead atoms. The molecule has 1 heterocycles. The highest BCUT2D eigenvalue weighted by Gasteiger charge is 2.30. The maximum Gasteiger partial charge on any atom is 0.416 e. The summed E-state index contributed by atoms with van der Waals surface area (Å²) in [7, 11) is 0. The lowest BCUT2D eigenvalue weighted by Gasteiger charge is -2.10. The maximum atomic E-state index is 12.7. The van der Waals surface area contributed by atoms with E-state index in [0.717, 1.165) is 12.1 Å². The predicted octanol–water partition coefficient (Wildman–Crippen LogP) is 5.43. The Labute approximate surface area is 151 Å². The second-order valence-corrected chi connectivity index (χ2v) is 5.64. The fourth-order valence-corrected chi connectivity index (χ4v) is 2.43. The average Bonchev–Trinajstić information content (AvgIpc) is 2.61. The van der Waals surface area contributed by atoms with Crippen LogP contribution in [0.3, 0.4) is 0 Å². The van der Waals surface area contributed by atoms with Gasteiger partial charge in [0.25, 0.3) is 0 Å². The highest BCUT2D eigenvalue weighted by Crippen LogP contribution is 2.31. The summed E-state index contributed by atoms with van der Waals surface area (Å²) in [5, 5.41) is 12.2. The summed E-state index contributed by atoms with van der Waals surface area (Å²) in [6.07, 6.45) is -4.42. The van der Waals surface area contributed by atoms with Crippen LogP contribution in [0.25, 0.3) is 11.4 Å². The monoisotopic (exact) mass is 374 g/mol. The SMILES string of the molecule is N#Cc1ccccc1Nc1cc(Cl)nc(-c2ccc(C(F)(F)F)cc2)n1. The second-order valence-electron chi connectivity index (χ2n) is 5.26. The highest BCUT2D eigenvalue weighted by molar-refractivity contribution is 6.29. The molecule has 0 unspecified atom stereocenters. The predicted molar refractivity (Wildman–Crippen MR) is 91.9 cm³/mol. The van der Waals surface area contributed by atoms with E-state index in [1.54, 1.807) is 24.3 Å². The molecule has 1 aromatic heterocycles. The number of anilines is 2. The Morgan fingerprint density at radius 2 is 1.69 bits per heavy atom. The van der Waals surface area contributed by atoms with Crippen LogP contribution >= 0.6 is 11.6 Å². The Bertz CT molecular complexity index is 979. The maximum absolute atomic E-state index is 12.7. The van der Waals surface area contributed by atoms with Gasteiger partial charge in [0.05, 0.1) is 16.8 Å². The number of benzene rings is 2. The van der Waals surface area contributed by atoms with E-state index in [-0.39, 0.29) is 11.0 Å². The first-order valence-corrected chi connectivity index (χ1v) is 7.73. The summed E-state index contributed by atoms with van der Waals surface area (Å²) in [5.41, 5.74) is 0.572. The molecule has 0 radical (unpaired) electrons. The van der Waals surface area contributed by atoms with E-state index in [0.29, 0.717) is 22.6 Å². The van der Waals surface area contributed by atoms with Gasteiger partial charge in [0.15, 0.2) is 5.82 Å². The number of para-hydroxylation sites is 1. The van der Waals surface area contributed by atoms with Crippen LogP contribution < -0.4 is 5.32 Å². The van der Waals surface area contributed by atoms with Crippen molar-refractivity contribution in [3.05, 3.63) is 70.9 Å². The average molecular weight is 375 g/mol. The van der Waals surface area contributed by atoms with E-state index in [1.165, 1.54) is 18.2 Å². The summed E-state index contributed by atoms with van der Waals surface area (Å²) >= 11 is 6.01. The fourth-order valence-electron chi connectivity index (χ4n) is 2.25. The normalized spacial score (nSPS) is 11.0. The number of nitrogens with zero attached hydrogens (tertiary/aromatic N) is 3. The number of nitriles is 1. The zero-order valence-corrected chi connectivity index (χ0v) is 13.8. The van der Waals surface area contributed by atoms with Crippen molar-refractivity contribution < 1.29 is 13.2 Å². The summed E-state index contributed by atoms with van der Waals surface area (Å²) in [5.74, 6) is 0.491. The molecule has 3 aromatic rings. The van der Waals surface area contributed by atoms with Crippen LogP contribution in [0.1, 0.15) is 11.1 Å². The van der Waals surface area contributed by atoms with E-state index in [2.05, 4.69) is 21.4 Å². The van der Waals surface area contributed by atoms with Crippen molar-refractivity contribution in [2.75, 3.05) is 5.32 Å². The Hall–Kier alpha value is -3.11. The van der Waals surface area contributed by atoms with Gasteiger partial charge in [-0.05, 0) is 24.3 Å². The summed E-state index contributed by atoms with van der Waals surface area (Å²) in [6.45, 7) is 0. The van der Waals surface area contributed by atoms with Crippen LogP contribution in [-0.4, -0.2) is 9.97 Å². The van der Waals surface area contributed by atoms with Crippen LogP contribution in [-0.2, 0) is 6.18 Å². The van der Waals surface area contributed by atoms with Gasteiger partial charge < -0.3 is 5.32 Å². The molecule has 0 saturated carbocycles. The van der Waals surface area contributed by atoms with E-state index in [1.807, 2.05) is 0 Å². The summed E-state index contributed by atoms with van der Waals surface area (Å²) in [4.78, 5) is 8.32. The van der Waals surface area contributed by atoms with E-state index in [4.69, 9.17) is 16.9 Å². The van der Waals surface area contributed by atoms with Gasteiger partial charge in [0.2, 0.25) is 0 Å². The van der Waals surface area contributed by atoms with Gasteiger partial charge in [-0.3, -0.25) is 0 Å². The van der Waals surface area contributed by atoms with Gasteiger partial charge in [0.1, 0.15) is 17.0 Å². The molecule has 1 N–H and O–H groups in total. The fraction of sp³-hybridized carbons (Fsp3) is 0.0556. The number of hydrogen-bond donors (Lipinski definition) is 1. The van der Waals surface area contributed by atoms with E-state index < -0.39 is 11.7 Å². The highest BCUT2D eigenvalue weighted by atomic mass is 35.5. The van der Waals surface area contributed by atoms with E-state index >= 15 is 0 Å². The molecule has 0 amide bonds. The third-order valence-electron chi connectivity index (χ3n) is 3.48. The quantitative estimate of drug-likeness (QED) is 0.621. The molecule has 8 heteroatoms. The van der Waals surface area contributed by atoms with Gasteiger partial charge in [0, 0.05) is 11.6 Å². The molecule has 3 rings (SSSR count). The second kappa shape index (κ2) is 7.02. The number of rotatable bonds is 3. The van der Waals surface area contributed by atoms with Crippen LogP contribution in [0.4, 0.5) is 24.7 Å². The lowest BCUT2D eigenvalue weighted by molar-refractivity contribution is -0.137. The zero-order chi connectivity index (χ0) is 18.7. The first-order valence-electron chi connectivity index (χ1n) is 7.35. The lowest BCUT2D eigenvalue weighted by atomic mass is 10.1. The summed E-state index contributed by atoms with van der Waals surface area (Å²) < 4.78 is 38.0. The minimum Gasteiger partial charge on any atom is -0.339 e. The third-order valence-corrected chi connectivity index (χ3v) is 3.67. The summed E-state index contributed by atoms with van der Waals surface area (Å²) in [6, 6.07) is 14.8. The Morgan fingerprint density at radius 1 is 1.00 bits per heavy atom. The van der Waals surface area contributed by atoms with Crippen LogP contribution in [0.2, 0.25) is 5.15 Å². The third kappa shape index (κ3) is 3.92. The topological polar surface area (TPSA) is 61.6 Å². The Kier molecular flexibility index (Phi) is 4.78. The molecule has 0 aliphatic carbocycles. The van der Waals surface area contributed by atoms with Crippen molar-refractivity contribution in [3.8, 4) is 17.5 Å². The number of nitrogens with one attached hydrogen (secondary N) is 1. The van der Waals surface area contributed by atoms with Gasteiger partial charge in [-0.2, -0.15) is 18.4 Å². The smallest absolute Gasteiger partial charge is 0.339 e. The van der Waals surface area contributed by atoms with E-state index in [9.17, 15) is 13.2 Å². The van der Waals surface area contributed by atoms with Crippen molar-refractivity contribution in [1.82, 2.24) is 9.97 Å². The van der Waals surface area contributed by atoms with Crippen molar-refractivity contribution in [3.63, 3.8) is 0 Å². The molecular weight excluding hydrogens is 365 g/mol. The van der Waals surface area contributed by atoms with Crippen molar-refractivity contribution >= 4 is 23.1 Å². The van der Waals surface area contributed by atoms with Crippen molar-refractivity contribution in [2.45, 2.75) is 6.18 Å². The van der Waals surface area contributed by atoms with Gasteiger partial charge >= 0.3 is 6.18 Å². The van der Waals surface area contributed by atoms with Crippen molar-refractivity contribution in [1.29, 1.82) is 5.26 Å². The van der Waals surface area contributed by atoms with Crippen LogP contribution in [0.15, 0.2) is 54.6 Å². The lowest BCUT2D eigenvalue weighted by Crippen LogP contribution is -2.04. The number of halogens is 4. The molecule has 0 aliphatic rings. The zero-order valence-electron chi connectivity index (χ0n) is 13.0. The van der Waals surface area contributed by atoms with Crippen LogP contribution in [0, 0.1) is 11.3 Å². The standard InChI is InChI=1S/C18H10ClF3N4/c19-15-9-16(24-14-4-2-1-3-12(14)10-23)26-17(25-15)11-5-7-13(8-6-11)18(20,21)22/h1-9H,(H,24,25,26). The number of hydrogen-bond acceptors (Lipinski definition) is 4. The molecule has 0 saturated heterocycles.